The third kappa shape index (κ3) is 9.60. The van der Waals surface area contributed by atoms with E-state index in [0.717, 1.165) is 11.1 Å². The largest absolute Gasteiger partial charge is 0.491 e. The lowest BCUT2D eigenvalue weighted by molar-refractivity contribution is -0.124. The van der Waals surface area contributed by atoms with Crippen LogP contribution in [0.1, 0.15) is 37.5 Å². The number of hydrogen-bond acceptors (Lipinski definition) is 5. The fourth-order valence-corrected chi connectivity index (χ4v) is 2.95. The summed E-state index contributed by atoms with van der Waals surface area (Å²) in [6, 6.07) is 14.9. The zero-order valence-corrected chi connectivity index (χ0v) is 20.2. The van der Waals surface area contributed by atoms with Gasteiger partial charge in [0.2, 0.25) is 5.91 Å². The predicted octanol–water partition coefficient (Wildman–Crippen LogP) is 3.15. The summed E-state index contributed by atoms with van der Waals surface area (Å²) in [5.41, 5.74) is 1.94. The highest BCUT2D eigenvalue weighted by Gasteiger charge is 2.21. The average Bonchev–Trinajstić information content (AvgIpc) is 2.78. The Balaban J connectivity index is 2.07. The van der Waals surface area contributed by atoms with Gasteiger partial charge in [-0.05, 0) is 57.0 Å². The molecular weight excluding hydrogens is 448 g/mol. The number of nitrogens with zero attached hydrogens (tertiary/aromatic N) is 1. The Hall–Kier alpha value is -4.32. The number of carboxylic acid groups (broad SMARTS) is 1. The Kier molecular flexibility index (Phi) is 9.41. The molecule has 0 spiro atoms. The summed E-state index contributed by atoms with van der Waals surface area (Å²) in [4.78, 5) is 36.1. The Labute approximate surface area is 204 Å². The Morgan fingerprint density at radius 1 is 1.14 bits per heavy atom. The SMILES string of the molecule is Cc1ccc(CNC(=O)C(COc2cccc(C=C(C#N)C(=O)NC(C)(C)C)c2)NC(=O)O)cc1. The van der Waals surface area contributed by atoms with Crippen LogP contribution in [-0.2, 0) is 16.1 Å². The molecule has 0 bridgehead atoms. The molecule has 3 amide bonds. The van der Waals surface area contributed by atoms with Crippen molar-refractivity contribution in [2.75, 3.05) is 6.61 Å². The van der Waals surface area contributed by atoms with Crippen LogP contribution in [0.2, 0.25) is 0 Å². The number of amides is 3. The fourth-order valence-electron chi connectivity index (χ4n) is 2.95. The molecule has 2 rings (SSSR count). The van der Waals surface area contributed by atoms with Crippen molar-refractivity contribution in [3.8, 4) is 11.8 Å². The Morgan fingerprint density at radius 2 is 1.83 bits per heavy atom. The summed E-state index contributed by atoms with van der Waals surface area (Å²) in [5, 5.41) is 26.1. The molecule has 1 unspecified atom stereocenters. The molecule has 184 valence electrons. The molecule has 0 aliphatic carbocycles. The van der Waals surface area contributed by atoms with Gasteiger partial charge in [0.25, 0.3) is 5.91 Å². The fraction of sp³-hybridized carbons (Fsp3) is 0.308. The van der Waals surface area contributed by atoms with Gasteiger partial charge >= 0.3 is 6.09 Å². The Bertz CT molecular complexity index is 1130. The first kappa shape index (κ1) is 26.9. The van der Waals surface area contributed by atoms with E-state index < -0.39 is 29.5 Å². The number of benzene rings is 2. The minimum atomic E-state index is -1.36. The number of ether oxygens (including phenoxy) is 1. The standard InChI is InChI=1S/C26H30N4O5/c1-17-8-10-18(11-9-17)15-28-24(32)22(29-25(33)34)16-35-21-7-5-6-19(13-21)12-20(14-27)23(31)30-26(2,3)4/h5-13,22,29H,15-16H2,1-4H3,(H,28,32)(H,30,31)(H,33,34). The maximum absolute atomic E-state index is 12.6. The summed E-state index contributed by atoms with van der Waals surface area (Å²) < 4.78 is 5.66. The monoisotopic (exact) mass is 478 g/mol. The van der Waals surface area contributed by atoms with Gasteiger partial charge in [0.1, 0.15) is 30.0 Å². The van der Waals surface area contributed by atoms with Crippen molar-refractivity contribution in [2.45, 2.75) is 45.8 Å². The third-order valence-corrected chi connectivity index (χ3v) is 4.64. The summed E-state index contributed by atoms with van der Waals surface area (Å²) in [7, 11) is 0. The van der Waals surface area contributed by atoms with Gasteiger partial charge in [0.05, 0.1) is 0 Å². The van der Waals surface area contributed by atoms with Gasteiger partial charge in [-0.15, -0.1) is 0 Å². The van der Waals surface area contributed by atoms with Gasteiger partial charge in [0.15, 0.2) is 0 Å². The number of carbonyl (C=O) groups excluding carboxylic acids is 2. The van der Waals surface area contributed by atoms with E-state index >= 15 is 0 Å². The van der Waals surface area contributed by atoms with Crippen molar-refractivity contribution < 1.29 is 24.2 Å². The topological polar surface area (TPSA) is 141 Å². The average molecular weight is 479 g/mol. The smallest absolute Gasteiger partial charge is 0.405 e. The molecule has 0 saturated carbocycles. The van der Waals surface area contributed by atoms with Crippen LogP contribution in [-0.4, -0.2) is 41.2 Å². The summed E-state index contributed by atoms with van der Waals surface area (Å²) in [6.07, 6.45) is 0.0687. The number of nitrogens with one attached hydrogen (secondary N) is 3. The van der Waals surface area contributed by atoms with Gasteiger partial charge in [-0.3, -0.25) is 9.59 Å². The molecule has 9 nitrogen and oxygen atoms in total. The van der Waals surface area contributed by atoms with Crippen molar-refractivity contribution in [3.05, 3.63) is 70.8 Å². The van der Waals surface area contributed by atoms with E-state index in [2.05, 4.69) is 16.0 Å². The number of hydrogen-bond donors (Lipinski definition) is 4. The highest BCUT2D eigenvalue weighted by atomic mass is 16.5. The van der Waals surface area contributed by atoms with Crippen molar-refractivity contribution in [1.29, 1.82) is 5.26 Å². The molecule has 0 aliphatic heterocycles. The molecule has 0 saturated heterocycles. The van der Waals surface area contributed by atoms with Crippen LogP contribution in [0.4, 0.5) is 4.79 Å². The van der Waals surface area contributed by atoms with Crippen molar-refractivity contribution in [3.63, 3.8) is 0 Å². The van der Waals surface area contributed by atoms with Crippen molar-refractivity contribution >= 4 is 24.0 Å². The van der Waals surface area contributed by atoms with Gasteiger partial charge in [-0.1, -0.05) is 42.0 Å². The zero-order valence-electron chi connectivity index (χ0n) is 20.2. The van der Waals surface area contributed by atoms with Crippen LogP contribution in [0.15, 0.2) is 54.1 Å². The van der Waals surface area contributed by atoms with Crippen LogP contribution in [0.25, 0.3) is 6.08 Å². The van der Waals surface area contributed by atoms with Crippen molar-refractivity contribution in [1.82, 2.24) is 16.0 Å². The van der Waals surface area contributed by atoms with E-state index in [-0.39, 0.29) is 18.7 Å². The molecule has 35 heavy (non-hydrogen) atoms. The number of rotatable bonds is 9. The van der Waals surface area contributed by atoms with E-state index in [4.69, 9.17) is 9.84 Å². The molecule has 2 aromatic carbocycles. The molecular formula is C26H30N4O5. The maximum atomic E-state index is 12.6. The molecule has 0 aromatic heterocycles. The third-order valence-electron chi connectivity index (χ3n) is 4.64. The number of aryl methyl sites for hydroxylation is 1. The second kappa shape index (κ2) is 12.2. The van der Waals surface area contributed by atoms with Gasteiger partial charge < -0.3 is 25.8 Å². The van der Waals surface area contributed by atoms with Crippen LogP contribution in [0.3, 0.4) is 0 Å². The molecule has 4 N–H and O–H groups in total. The molecule has 0 heterocycles. The minimum Gasteiger partial charge on any atom is -0.491 e. The number of nitriles is 1. The first-order chi connectivity index (χ1) is 16.5. The molecule has 0 fully saturated rings. The first-order valence-corrected chi connectivity index (χ1v) is 11.0. The van der Waals surface area contributed by atoms with Crippen LogP contribution >= 0.6 is 0 Å². The normalized spacial score (nSPS) is 12.1. The lowest BCUT2D eigenvalue weighted by Crippen LogP contribution is -2.49. The molecule has 1 atom stereocenters. The van der Waals surface area contributed by atoms with Gasteiger partial charge in [-0.25, -0.2) is 4.79 Å². The van der Waals surface area contributed by atoms with E-state index in [1.807, 2.05) is 58.0 Å². The zero-order chi connectivity index (χ0) is 26.0. The lowest BCUT2D eigenvalue weighted by atomic mass is 10.1. The van der Waals surface area contributed by atoms with Crippen LogP contribution < -0.4 is 20.7 Å². The second-order valence-corrected chi connectivity index (χ2v) is 8.96. The van der Waals surface area contributed by atoms with E-state index in [9.17, 15) is 19.6 Å². The van der Waals surface area contributed by atoms with Gasteiger partial charge in [0, 0.05) is 12.1 Å². The molecule has 2 aromatic rings. The summed E-state index contributed by atoms with van der Waals surface area (Å²) >= 11 is 0. The summed E-state index contributed by atoms with van der Waals surface area (Å²) in [6.45, 7) is 7.38. The quantitative estimate of drug-likeness (QED) is 0.322. The van der Waals surface area contributed by atoms with Gasteiger partial charge in [-0.2, -0.15) is 5.26 Å². The second-order valence-electron chi connectivity index (χ2n) is 8.96. The highest BCUT2D eigenvalue weighted by Crippen LogP contribution is 2.17. The van der Waals surface area contributed by atoms with E-state index in [1.165, 1.54) is 6.08 Å². The number of carbonyl (C=O) groups is 3. The minimum absolute atomic E-state index is 0.0713. The summed E-state index contributed by atoms with van der Waals surface area (Å²) in [5.74, 6) is -0.687. The lowest BCUT2D eigenvalue weighted by Gasteiger charge is -2.20. The maximum Gasteiger partial charge on any atom is 0.405 e. The predicted molar refractivity (Wildman–Crippen MR) is 131 cm³/mol. The highest BCUT2D eigenvalue weighted by molar-refractivity contribution is 6.02. The van der Waals surface area contributed by atoms with E-state index in [0.29, 0.717) is 11.3 Å². The molecule has 0 aliphatic rings. The van der Waals surface area contributed by atoms with Crippen molar-refractivity contribution in [2.24, 2.45) is 0 Å². The Morgan fingerprint density at radius 3 is 2.43 bits per heavy atom. The van der Waals surface area contributed by atoms with Crippen LogP contribution in [0.5, 0.6) is 5.75 Å². The van der Waals surface area contributed by atoms with Crippen LogP contribution in [0, 0.1) is 18.3 Å². The molecule has 0 radical (unpaired) electrons. The molecule has 9 heteroatoms. The van der Waals surface area contributed by atoms with E-state index in [1.54, 1.807) is 24.3 Å². The first-order valence-electron chi connectivity index (χ1n) is 11.0.